The number of carbonyl (C=O) groups excluding carboxylic acids is 1. The third-order valence-electron chi connectivity index (χ3n) is 6.14. The molecule has 38 heavy (non-hydrogen) atoms. The van der Waals surface area contributed by atoms with Crippen molar-refractivity contribution in [2.75, 3.05) is 18.8 Å². The number of allylic oxidation sites excluding steroid dienone is 1. The predicted octanol–water partition coefficient (Wildman–Crippen LogP) is 4.91. The summed E-state index contributed by atoms with van der Waals surface area (Å²) in [6, 6.07) is 2.92. The van der Waals surface area contributed by atoms with Crippen molar-refractivity contribution >= 4 is 22.8 Å². The molecule has 4 aromatic rings. The van der Waals surface area contributed by atoms with Crippen LogP contribution in [0.5, 0.6) is 11.5 Å². The molecule has 1 amide bonds. The van der Waals surface area contributed by atoms with E-state index in [1.165, 1.54) is 18.5 Å². The second-order valence-electron chi connectivity index (χ2n) is 8.52. The number of likely N-dealkylation sites (tertiary alicyclic amines) is 1. The molecule has 1 aliphatic rings. The molecular formula is C25H19F5N6O2. The van der Waals surface area contributed by atoms with Crippen LogP contribution in [0.2, 0.25) is 0 Å². The standard InChI is InChI=1S/C25H19F5N6O2/c1-2-3-18(37)35-7-6-12(10-35)36-25-19(24(31)32-11-33-25)22(34-36)14-5-4-13(8-15(14)26)38-23-20(29)16(27)9-17(28)21(23)30/h2-5,8-9,11-12H,6-7,10H2,1H3,(H2,31,32,33)/t12-/m1/s1. The fraction of sp³-hybridized carbons (Fsp3) is 0.200. The average Bonchev–Trinajstić information content (AvgIpc) is 3.52. The van der Waals surface area contributed by atoms with Crippen molar-refractivity contribution in [3.05, 3.63) is 71.8 Å². The Morgan fingerprint density at radius 1 is 1.08 bits per heavy atom. The molecule has 1 atom stereocenters. The van der Waals surface area contributed by atoms with Gasteiger partial charge in [0.05, 0.1) is 11.4 Å². The number of nitrogen functional groups attached to an aromatic ring is 1. The lowest BCUT2D eigenvalue weighted by Crippen LogP contribution is -2.27. The van der Waals surface area contributed by atoms with Crippen LogP contribution in [-0.2, 0) is 4.79 Å². The van der Waals surface area contributed by atoms with Gasteiger partial charge in [-0.1, -0.05) is 6.08 Å². The van der Waals surface area contributed by atoms with E-state index in [4.69, 9.17) is 10.5 Å². The van der Waals surface area contributed by atoms with Crippen molar-refractivity contribution in [2.24, 2.45) is 0 Å². The van der Waals surface area contributed by atoms with Crippen molar-refractivity contribution in [1.82, 2.24) is 24.6 Å². The molecule has 8 nitrogen and oxygen atoms in total. The first kappa shape index (κ1) is 25.1. The SMILES string of the molecule is CC=CC(=O)N1CC[C@@H](n2nc(-c3ccc(Oc4c(F)c(F)cc(F)c4F)cc3F)c3c(N)ncnc32)C1. The third kappa shape index (κ3) is 4.29. The van der Waals surface area contributed by atoms with Crippen LogP contribution in [-0.4, -0.2) is 43.6 Å². The van der Waals surface area contributed by atoms with E-state index in [0.29, 0.717) is 25.2 Å². The maximum Gasteiger partial charge on any atom is 0.246 e. The summed E-state index contributed by atoms with van der Waals surface area (Å²) in [5, 5.41) is 4.81. The summed E-state index contributed by atoms with van der Waals surface area (Å²) >= 11 is 0. The molecule has 13 heteroatoms. The number of carbonyl (C=O) groups is 1. The van der Waals surface area contributed by atoms with Crippen molar-refractivity contribution < 1.29 is 31.5 Å². The minimum absolute atomic E-state index is 0.0368. The van der Waals surface area contributed by atoms with Gasteiger partial charge in [-0.15, -0.1) is 0 Å². The Labute approximate surface area is 212 Å². The number of rotatable bonds is 5. The molecule has 0 aliphatic carbocycles. The van der Waals surface area contributed by atoms with Gasteiger partial charge in [0.15, 0.2) is 17.3 Å². The average molecular weight is 530 g/mol. The molecule has 0 radical (unpaired) electrons. The Morgan fingerprint density at radius 3 is 2.50 bits per heavy atom. The second-order valence-corrected chi connectivity index (χ2v) is 8.52. The summed E-state index contributed by atoms with van der Waals surface area (Å²) in [6.45, 7) is 2.58. The van der Waals surface area contributed by atoms with E-state index >= 15 is 4.39 Å². The van der Waals surface area contributed by atoms with E-state index < -0.39 is 40.6 Å². The summed E-state index contributed by atoms with van der Waals surface area (Å²) in [4.78, 5) is 22.2. The number of fused-ring (bicyclic) bond motifs is 1. The number of ether oxygens (including phenoxy) is 1. The van der Waals surface area contributed by atoms with Crippen molar-refractivity contribution in [3.63, 3.8) is 0 Å². The van der Waals surface area contributed by atoms with Gasteiger partial charge < -0.3 is 15.4 Å². The van der Waals surface area contributed by atoms with Crippen LogP contribution in [0.15, 0.2) is 42.7 Å². The molecule has 1 saturated heterocycles. The molecule has 1 aliphatic heterocycles. The van der Waals surface area contributed by atoms with Crippen LogP contribution in [0.1, 0.15) is 19.4 Å². The van der Waals surface area contributed by atoms with Gasteiger partial charge in [0.1, 0.15) is 29.4 Å². The number of hydrogen-bond donors (Lipinski definition) is 1. The first-order valence-electron chi connectivity index (χ1n) is 11.4. The van der Waals surface area contributed by atoms with Crippen LogP contribution >= 0.6 is 0 Å². The smallest absolute Gasteiger partial charge is 0.246 e. The van der Waals surface area contributed by atoms with Gasteiger partial charge in [0.25, 0.3) is 0 Å². The van der Waals surface area contributed by atoms with Gasteiger partial charge in [-0.25, -0.2) is 27.8 Å². The Bertz CT molecular complexity index is 1580. The second kappa shape index (κ2) is 9.72. The van der Waals surface area contributed by atoms with Gasteiger partial charge >= 0.3 is 0 Å². The van der Waals surface area contributed by atoms with E-state index in [0.717, 1.165) is 12.1 Å². The molecule has 1 fully saturated rings. The highest BCUT2D eigenvalue weighted by Crippen LogP contribution is 2.37. The van der Waals surface area contributed by atoms with E-state index in [-0.39, 0.29) is 40.5 Å². The van der Waals surface area contributed by atoms with Gasteiger partial charge in [-0.05, 0) is 31.6 Å². The maximum absolute atomic E-state index is 15.3. The van der Waals surface area contributed by atoms with Gasteiger partial charge in [0, 0.05) is 30.8 Å². The molecule has 2 aromatic heterocycles. The molecular weight excluding hydrogens is 511 g/mol. The fourth-order valence-electron chi connectivity index (χ4n) is 4.34. The number of anilines is 1. The number of benzene rings is 2. The molecule has 3 heterocycles. The number of nitrogens with two attached hydrogens (primary N) is 1. The molecule has 0 spiro atoms. The number of aromatic nitrogens is 4. The first-order valence-corrected chi connectivity index (χ1v) is 11.4. The number of nitrogens with zero attached hydrogens (tertiary/aromatic N) is 5. The van der Waals surface area contributed by atoms with Gasteiger partial charge in [0.2, 0.25) is 23.3 Å². The summed E-state index contributed by atoms with van der Waals surface area (Å²) in [7, 11) is 0. The van der Waals surface area contributed by atoms with E-state index in [9.17, 15) is 22.4 Å². The zero-order valence-electron chi connectivity index (χ0n) is 19.8. The summed E-state index contributed by atoms with van der Waals surface area (Å²) in [5.41, 5.74) is 6.45. The highest BCUT2D eigenvalue weighted by atomic mass is 19.2. The van der Waals surface area contributed by atoms with E-state index in [1.54, 1.807) is 22.6 Å². The lowest BCUT2D eigenvalue weighted by atomic mass is 10.1. The van der Waals surface area contributed by atoms with Crippen LogP contribution in [0.3, 0.4) is 0 Å². The van der Waals surface area contributed by atoms with Crippen molar-refractivity contribution in [1.29, 1.82) is 0 Å². The summed E-state index contributed by atoms with van der Waals surface area (Å²) < 4.78 is 76.8. The quantitative estimate of drug-likeness (QED) is 0.224. The molecule has 0 bridgehead atoms. The number of hydrogen-bond acceptors (Lipinski definition) is 6. The summed E-state index contributed by atoms with van der Waals surface area (Å²) in [6.07, 6.45) is 4.92. The largest absolute Gasteiger partial charge is 0.451 e. The lowest BCUT2D eigenvalue weighted by Gasteiger charge is -2.15. The van der Waals surface area contributed by atoms with Crippen LogP contribution in [0.25, 0.3) is 22.3 Å². The Morgan fingerprint density at radius 2 is 1.82 bits per heavy atom. The van der Waals surface area contributed by atoms with Crippen molar-refractivity contribution in [2.45, 2.75) is 19.4 Å². The lowest BCUT2D eigenvalue weighted by molar-refractivity contribution is -0.125. The highest BCUT2D eigenvalue weighted by Gasteiger charge is 2.31. The Balaban J connectivity index is 1.52. The normalized spacial score (nSPS) is 15.6. The summed E-state index contributed by atoms with van der Waals surface area (Å²) in [5.74, 6) is -9.66. The van der Waals surface area contributed by atoms with Gasteiger partial charge in [-0.2, -0.15) is 13.9 Å². The molecule has 196 valence electrons. The number of halogens is 5. The minimum atomic E-state index is -1.76. The van der Waals surface area contributed by atoms with Crippen LogP contribution in [0.4, 0.5) is 27.8 Å². The van der Waals surface area contributed by atoms with Crippen LogP contribution in [0, 0.1) is 29.1 Å². The maximum atomic E-state index is 15.3. The van der Waals surface area contributed by atoms with Gasteiger partial charge in [-0.3, -0.25) is 4.79 Å². The van der Waals surface area contributed by atoms with E-state index in [1.807, 2.05) is 0 Å². The predicted molar refractivity (Wildman–Crippen MR) is 127 cm³/mol. The molecule has 2 N–H and O–H groups in total. The highest BCUT2D eigenvalue weighted by molar-refractivity contribution is 5.98. The first-order chi connectivity index (χ1) is 18.2. The number of amides is 1. The third-order valence-corrected chi connectivity index (χ3v) is 6.14. The molecule has 0 saturated carbocycles. The topological polar surface area (TPSA) is 99.2 Å². The molecule has 0 unspecified atom stereocenters. The van der Waals surface area contributed by atoms with Crippen LogP contribution < -0.4 is 10.5 Å². The fourth-order valence-corrected chi connectivity index (χ4v) is 4.34. The van der Waals surface area contributed by atoms with Crippen molar-refractivity contribution in [3.8, 4) is 22.8 Å². The Kier molecular flexibility index (Phi) is 6.43. The molecule has 2 aromatic carbocycles. The van der Waals surface area contributed by atoms with E-state index in [2.05, 4.69) is 15.1 Å². The minimum Gasteiger partial charge on any atom is -0.451 e. The molecule has 5 rings (SSSR count). The Hall–Kier alpha value is -4.55. The zero-order valence-corrected chi connectivity index (χ0v) is 19.8. The monoisotopic (exact) mass is 530 g/mol. The zero-order chi connectivity index (χ0) is 27.1.